The lowest BCUT2D eigenvalue weighted by molar-refractivity contribution is 0.630. The van der Waals surface area contributed by atoms with Gasteiger partial charge in [-0.25, -0.2) is 0 Å². The van der Waals surface area contributed by atoms with Crippen molar-refractivity contribution in [3.8, 4) is 0 Å². The number of hydrogen-bond donors (Lipinski definition) is 2. The van der Waals surface area contributed by atoms with Gasteiger partial charge in [-0.2, -0.15) is 11.8 Å². The Bertz CT molecular complexity index is 446. The number of rotatable bonds is 8. The Balaban J connectivity index is 0.00000441. The number of aromatic nitrogens is 3. The van der Waals surface area contributed by atoms with Crippen LogP contribution in [0.25, 0.3) is 0 Å². The molecule has 8 heteroatoms. The molecule has 128 valence electrons. The Morgan fingerprint density at radius 3 is 2.68 bits per heavy atom. The van der Waals surface area contributed by atoms with Crippen molar-refractivity contribution < 1.29 is 0 Å². The van der Waals surface area contributed by atoms with Crippen LogP contribution in [0.4, 0.5) is 0 Å². The summed E-state index contributed by atoms with van der Waals surface area (Å²) in [7, 11) is 0. The molecule has 0 aliphatic rings. The first-order valence-electron chi connectivity index (χ1n) is 7.46. The quantitative estimate of drug-likeness (QED) is 0.369. The van der Waals surface area contributed by atoms with E-state index in [9.17, 15) is 0 Å². The molecule has 1 aromatic heterocycles. The summed E-state index contributed by atoms with van der Waals surface area (Å²) < 4.78 is 2.23. The molecular weight excluding hydrogens is 411 g/mol. The normalized spacial score (nSPS) is 12.0. The molecule has 0 bridgehead atoms. The van der Waals surface area contributed by atoms with Crippen LogP contribution in [-0.4, -0.2) is 51.4 Å². The van der Waals surface area contributed by atoms with Gasteiger partial charge in [0.1, 0.15) is 12.2 Å². The lowest BCUT2D eigenvalue weighted by Crippen LogP contribution is -2.40. The zero-order valence-corrected chi connectivity index (χ0v) is 17.4. The highest BCUT2D eigenvalue weighted by atomic mass is 127. The Kier molecular flexibility index (Phi) is 10.8. The first-order chi connectivity index (χ1) is 10.0. The number of guanidine groups is 1. The average Bonchev–Trinajstić information content (AvgIpc) is 2.92. The summed E-state index contributed by atoms with van der Waals surface area (Å²) in [6.07, 6.45) is 4.80. The minimum Gasteiger partial charge on any atom is -0.357 e. The molecule has 0 spiro atoms. The number of thioether (sulfide) groups is 1. The highest BCUT2D eigenvalue weighted by molar-refractivity contribution is 14.0. The fraction of sp³-hybridized carbons (Fsp3) is 0.786. The standard InChI is InChI=1S/C14H28N6S.HI/c1-6-12-19-18-11-20(12)9-8-16-13(15-7-2)17-10-14(3,4)21-5;/h11H,6-10H2,1-5H3,(H2,15,16,17);1H. The summed E-state index contributed by atoms with van der Waals surface area (Å²) in [5.41, 5.74) is 0. The molecule has 22 heavy (non-hydrogen) atoms. The Morgan fingerprint density at radius 2 is 2.09 bits per heavy atom. The van der Waals surface area contributed by atoms with Crippen molar-refractivity contribution in [2.24, 2.45) is 4.99 Å². The van der Waals surface area contributed by atoms with Crippen LogP contribution in [0.2, 0.25) is 0 Å². The van der Waals surface area contributed by atoms with Crippen LogP contribution in [0, 0.1) is 0 Å². The second kappa shape index (κ2) is 11.1. The van der Waals surface area contributed by atoms with Crippen LogP contribution < -0.4 is 10.6 Å². The van der Waals surface area contributed by atoms with Gasteiger partial charge < -0.3 is 15.2 Å². The SMILES string of the molecule is CCNC(=NCC(C)(C)SC)NCCn1cnnc1CC.I. The van der Waals surface area contributed by atoms with Crippen molar-refractivity contribution in [3.05, 3.63) is 12.2 Å². The molecule has 0 aromatic carbocycles. The molecule has 0 amide bonds. The number of nitrogens with one attached hydrogen (secondary N) is 2. The molecule has 0 aliphatic carbocycles. The molecule has 2 N–H and O–H groups in total. The summed E-state index contributed by atoms with van der Waals surface area (Å²) in [6, 6.07) is 0. The third-order valence-electron chi connectivity index (χ3n) is 3.17. The molecule has 0 atom stereocenters. The van der Waals surface area contributed by atoms with Crippen molar-refractivity contribution in [2.75, 3.05) is 25.9 Å². The molecular formula is C14H29IN6S. The van der Waals surface area contributed by atoms with E-state index in [4.69, 9.17) is 0 Å². The second-order valence-electron chi connectivity index (χ2n) is 5.38. The molecule has 0 aliphatic heterocycles. The van der Waals surface area contributed by atoms with Crippen molar-refractivity contribution in [1.82, 2.24) is 25.4 Å². The van der Waals surface area contributed by atoms with Crippen LogP contribution >= 0.6 is 35.7 Å². The molecule has 0 saturated carbocycles. The molecule has 1 aromatic rings. The third kappa shape index (κ3) is 7.66. The Morgan fingerprint density at radius 1 is 1.36 bits per heavy atom. The van der Waals surface area contributed by atoms with Gasteiger partial charge in [0, 0.05) is 30.8 Å². The van der Waals surface area contributed by atoms with Crippen molar-refractivity contribution >= 4 is 41.7 Å². The van der Waals surface area contributed by atoms with Gasteiger partial charge in [-0.05, 0) is 27.0 Å². The highest BCUT2D eigenvalue weighted by Gasteiger charge is 2.15. The van der Waals surface area contributed by atoms with E-state index in [1.165, 1.54) is 0 Å². The number of hydrogen-bond acceptors (Lipinski definition) is 4. The molecule has 6 nitrogen and oxygen atoms in total. The van der Waals surface area contributed by atoms with Crippen molar-refractivity contribution in [2.45, 2.75) is 45.4 Å². The average molecular weight is 440 g/mol. The zero-order chi connectivity index (χ0) is 15.7. The number of aryl methyl sites for hydroxylation is 1. The van der Waals surface area contributed by atoms with Gasteiger partial charge in [0.05, 0.1) is 6.54 Å². The van der Waals surface area contributed by atoms with E-state index in [1.807, 2.05) is 11.8 Å². The van der Waals surface area contributed by atoms with Gasteiger partial charge >= 0.3 is 0 Å². The number of aliphatic imine (C=N–C) groups is 1. The minimum absolute atomic E-state index is 0. The number of nitrogens with zero attached hydrogens (tertiary/aromatic N) is 4. The maximum Gasteiger partial charge on any atom is 0.191 e. The molecule has 1 rings (SSSR count). The van der Waals surface area contributed by atoms with Crippen LogP contribution in [0.3, 0.4) is 0 Å². The Labute approximate surface area is 155 Å². The molecule has 1 heterocycles. The summed E-state index contributed by atoms with van der Waals surface area (Å²) in [5, 5.41) is 14.7. The second-order valence-corrected chi connectivity index (χ2v) is 6.89. The van der Waals surface area contributed by atoms with E-state index >= 15 is 0 Å². The van der Waals surface area contributed by atoms with Crippen molar-refractivity contribution in [1.29, 1.82) is 0 Å². The lowest BCUT2D eigenvalue weighted by Gasteiger charge is -2.20. The van der Waals surface area contributed by atoms with E-state index in [1.54, 1.807) is 6.33 Å². The van der Waals surface area contributed by atoms with Crippen LogP contribution in [0.1, 0.15) is 33.5 Å². The van der Waals surface area contributed by atoms with Gasteiger partial charge in [0.2, 0.25) is 0 Å². The summed E-state index contributed by atoms with van der Waals surface area (Å²) >= 11 is 1.83. The number of halogens is 1. The van der Waals surface area contributed by atoms with E-state index < -0.39 is 0 Å². The van der Waals surface area contributed by atoms with Crippen LogP contribution in [-0.2, 0) is 13.0 Å². The molecule has 0 fully saturated rings. The molecule has 0 saturated heterocycles. The summed E-state index contributed by atoms with van der Waals surface area (Å²) in [4.78, 5) is 4.65. The fourth-order valence-corrected chi connectivity index (χ4v) is 1.90. The molecule has 0 unspecified atom stereocenters. The topological polar surface area (TPSA) is 67.1 Å². The third-order valence-corrected chi connectivity index (χ3v) is 4.41. The first-order valence-corrected chi connectivity index (χ1v) is 8.69. The monoisotopic (exact) mass is 440 g/mol. The first kappa shape index (κ1) is 21.5. The fourth-order valence-electron chi connectivity index (χ4n) is 1.71. The largest absolute Gasteiger partial charge is 0.357 e. The van der Waals surface area contributed by atoms with E-state index in [2.05, 4.69) is 64.3 Å². The zero-order valence-electron chi connectivity index (χ0n) is 14.2. The van der Waals surface area contributed by atoms with Crippen molar-refractivity contribution in [3.63, 3.8) is 0 Å². The predicted octanol–water partition coefficient (Wildman–Crippen LogP) is 2.16. The minimum atomic E-state index is 0. The lowest BCUT2D eigenvalue weighted by atomic mass is 10.2. The van der Waals surface area contributed by atoms with Crippen LogP contribution in [0.15, 0.2) is 11.3 Å². The summed E-state index contributed by atoms with van der Waals surface area (Å²) in [5.74, 6) is 1.88. The highest BCUT2D eigenvalue weighted by Crippen LogP contribution is 2.20. The van der Waals surface area contributed by atoms with E-state index in [0.717, 1.165) is 44.4 Å². The van der Waals surface area contributed by atoms with E-state index in [0.29, 0.717) is 0 Å². The van der Waals surface area contributed by atoms with Gasteiger partial charge in [0.15, 0.2) is 5.96 Å². The van der Waals surface area contributed by atoms with Gasteiger partial charge in [-0.3, -0.25) is 4.99 Å². The summed E-state index contributed by atoms with van der Waals surface area (Å²) in [6.45, 7) is 11.9. The van der Waals surface area contributed by atoms with Gasteiger partial charge in [-0.15, -0.1) is 34.2 Å². The maximum absolute atomic E-state index is 4.65. The smallest absolute Gasteiger partial charge is 0.191 e. The molecule has 0 radical (unpaired) electrons. The van der Waals surface area contributed by atoms with Crippen LogP contribution in [0.5, 0.6) is 0 Å². The Hall–Kier alpha value is -0.510. The van der Waals surface area contributed by atoms with E-state index in [-0.39, 0.29) is 28.7 Å². The predicted molar refractivity (Wildman–Crippen MR) is 106 cm³/mol. The van der Waals surface area contributed by atoms with Gasteiger partial charge in [-0.1, -0.05) is 6.92 Å². The van der Waals surface area contributed by atoms with Gasteiger partial charge in [0.25, 0.3) is 0 Å². The maximum atomic E-state index is 4.65.